The molecule has 0 amide bonds. The van der Waals surface area contributed by atoms with Crippen LogP contribution in [0.15, 0.2) is 23.8 Å². The molecule has 0 aromatic rings. The highest BCUT2D eigenvalue weighted by Crippen LogP contribution is 2.68. The van der Waals surface area contributed by atoms with Crippen LogP contribution >= 0.6 is 0 Å². The summed E-state index contributed by atoms with van der Waals surface area (Å²) in [6.45, 7) is 10.2. The minimum Gasteiger partial charge on any atom is -0.255 e. The van der Waals surface area contributed by atoms with E-state index in [-0.39, 0.29) is 0 Å². The van der Waals surface area contributed by atoms with E-state index in [1.54, 1.807) is 5.57 Å². The Bertz CT molecular complexity index is 630. The van der Waals surface area contributed by atoms with E-state index in [2.05, 4.69) is 49.4 Å². The molecule has 26 heavy (non-hydrogen) atoms. The van der Waals surface area contributed by atoms with Gasteiger partial charge in [-0.25, -0.2) is 5.01 Å². The summed E-state index contributed by atoms with van der Waals surface area (Å²) < 4.78 is 0. The van der Waals surface area contributed by atoms with Crippen LogP contribution in [0, 0.1) is 28.6 Å². The van der Waals surface area contributed by atoms with Gasteiger partial charge >= 0.3 is 0 Å². The van der Waals surface area contributed by atoms with Crippen LogP contribution < -0.4 is 5.43 Å². The molecule has 2 heteroatoms. The van der Waals surface area contributed by atoms with E-state index in [4.69, 9.17) is 0 Å². The smallest absolute Gasteiger partial charge is 0.0407 e. The fraction of sp³-hybridized carbons (Fsp3) is 0.833. The molecule has 0 aromatic carbocycles. The Morgan fingerprint density at radius 2 is 2.00 bits per heavy atom. The summed E-state index contributed by atoms with van der Waals surface area (Å²) in [7, 11) is 0. The Hall–Kier alpha value is -0.600. The zero-order valence-corrected chi connectivity index (χ0v) is 17.2. The summed E-state index contributed by atoms with van der Waals surface area (Å²) in [4.78, 5) is 0. The van der Waals surface area contributed by atoms with E-state index in [0.717, 1.165) is 17.8 Å². The zero-order chi connectivity index (χ0) is 18.0. The third kappa shape index (κ3) is 2.07. The van der Waals surface area contributed by atoms with Gasteiger partial charge in [0.15, 0.2) is 0 Å². The molecule has 4 aliphatic carbocycles. The first kappa shape index (κ1) is 17.5. The first-order valence-electron chi connectivity index (χ1n) is 11.4. The maximum Gasteiger partial charge on any atom is 0.0407 e. The summed E-state index contributed by atoms with van der Waals surface area (Å²) in [6, 6.07) is 0. The van der Waals surface area contributed by atoms with Gasteiger partial charge in [0.25, 0.3) is 0 Å². The van der Waals surface area contributed by atoms with Crippen molar-refractivity contribution in [3.05, 3.63) is 23.8 Å². The van der Waals surface area contributed by atoms with Crippen molar-refractivity contribution in [2.24, 2.45) is 28.6 Å². The van der Waals surface area contributed by atoms with E-state index < -0.39 is 0 Å². The summed E-state index contributed by atoms with van der Waals surface area (Å²) in [6.07, 6.45) is 20.0. The van der Waals surface area contributed by atoms with Gasteiger partial charge in [0.1, 0.15) is 0 Å². The molecule has 5 aliphatic rings. The molecule has 3 saturated carbocycles. The van der Waals surface area contributed by atoms with Crippen LogP contribution in [0.4, 0.5) is 0 Å². The Kier molecular flexibility index (Phi) is 4.00. The van der Waals surface area contributed by atoms with Crippen LogP contribution in [0.25, 0.3) is 0 Å². The Morgan fingerprint density at radius 3 is 2.77 bits per heavy atom. The molecule has 5 rings (SSSR count). The zero-order valence-electron chi connectivity index (χ0n) is 17.2. The van der Waals surface area contributed by atoms with Gasteiger partial charge in [-0.05, 0) is 81.0 Å². The number of allylic oxidation sites excluding steroid dienone is 4. The number of nitrogens with one attached hydrogen (secondary N) is 1. The van der Waals surface area contributed by atoms with Gasteiger partial charge in [-0.3, -0.25) is 5.43 Å². The number of hydrazine groups is 1. The van der Waals surface area contributed by atoms with Gasteiger partial charge < -0.3 is 0 Å². The highest BCUT2D eigenvalue weighted by Gasteiger charge is 2.65. The van der Waals surface area contributed by atoms with Gasteiger partial charge in [-0.2, -0.15) is 0 Å². The lowest BCUT2D eigenvalue weighted by atomic mass is 9.47. The molecule has 0 unspecified atom stereocenters. The highest BCUT2D eigenvalue weighted by molar-refractivity contribution is 5.32. The van der Waals surface area contributed by atoms with Crippen LogP contribution in [-0.4, -0.2) is 23.6 Å². The van der Waals surface area contributed by atoms with Gasteiger partial charge in [0.2, 0.25) is 0 Å². The third-order valence-corrected chi connectivity index (χ3v) is 9.90. The van der Waals surface area contributed by atoms with Crippen molar-refractivity contribution >= 4 is 0 Å². The van der Waals surface area contributed by atoms with Crippen molar-refractivity contribution in [3.63, 3.8) is 0 Å². The van der Waals surface area contributed by atoms with Crippen molar-refractivity contribution in [2.45, 2.75) is 84.1 Å². The maximum atomic E-state index is 3.79. The Morgan fingerprint density at radius 1 is 1.15 bits per heavy atom. The summed E-state index contributed by atoms with van der Waals surface area (Å²) in [5, 5.41) is 2.71. The molecule has 0 radical (unpaired) electrons. The standard InChI is InChI=1S/C24H38N2/c1-4-24(26-17-7-16-25-26)15-12-21-19-10-9-18-8-5-6-13-22(18,2)20(19)11-14-23(21,24)3/h6,8,13,19-21,25H,4-5,7,9-12,14-17H2,1-3H3/t19-,20+,21+,22+,23+,24-/m1/s1. The number of rotatable bonds is 2. The lowest BCUT2D eigenvalue weighted by Crippen LogP contribution is -2.62. The largest absolute Gasteiger partial charge is 0.255 e. The molecule has 6 atom stereocenters. The maximum absolute atomic E-state index is 3.79. The highest BCUT2D eigenvalue weighted by atomic mass is 15.6. The molecular weight excluding hydrogens is 316 g/mol. The second kappa shape index (κ2) is 5.95. The summed E-state index contributed by atoms with van der Waals surface area (Å²) in [5.41, 5.74) is 6.82. The fourth-order valence-corrected chi connectivity index (χ4v) is 8.56. The minimum atomic E-state index is 0.367. The third-order valence-electron chi connectivity index (χ3n) is 9.90. The van der Waals surface area contributed by atoms with Crippen LogP contribution in [0.3, 0.4) is 0 Å². The van der Waals surface area contributed by atoms with Crippen molar-refractivity contribution in [1.82, 2.24) is 10.4 Å². The fourth-order valence-electron chi connectivity index (χ4n) is 8.56. The van der Waals surface area contributed by atoms with Crippen LogP contribution in [0.2, 0.25) is 0 Å². The lowest BCUT2D eigenvalue weighted by Gasteiger charge is -2.60. The van der Waals surface area contributed by atoms with Crippen molar-refractivity contribution in [2.75, 3.05) is 13.1 Å². The second-order valence-corrected chi connectivity index (χ2v) is 10.4. The predicted octanol–water partition coefficient (Wildman–Crippen LogP) is 5.47. The minimum absolute atomic E-state index is 0.367. The quantitative estimate of drug-likeness (QED) is 0.661. The van der Waals surface area contributed by atoms with Gasteiger partial charge in [-0.15, -0.1) is 0 Å². The lowest BCUT2D eigenvalue weighted by molar-refractivity contribution is -0.100. The molecule has 0 bridgehead atoms. The number of fused-ring (bicyclic) bond motifs is 5. The molecule has 144 valence electrons. The molecular formula is C24H38N2. The molecule has 1 N–H and O–H groups in total. The van der Waals surface area contributed by atoms with Gasteiger partial charge in [-0.1, -0.05) is 44.6 Å². The summed E-state index contributed by atoms with van der Waals surface area (Å²) in [5.74, 6) is 2.75. The average Bonchev–Trinajstić information content (AvgIpc) is 3.27. The number of nitrogens with zero attached hydrogens (tertiary/aromatic N) is 1. The number of hydrogen-bond donors (Lipinski definition) is 1. The van der Waals surface area contributed by atoms with E-state index in [1.165, 1.54) is 70.9 Å². The molecule has 1 saturated heterocycles. The Balaban J connectivity index is 1.50. The van der Waals surface area contributed by atoms with Crippen LogP contribution in [-0.2, 0) is 0 Å². The monoisotopic (exact) mass is 354 g/mol. The van der Waals surface area contributed by atoms with E-state index in [9.17, 15) is 0 Å². The molecule has 0 aromatic heterocycles. The molecule has 4 fully saturated rings. The summed E-state index contributed by atoms with van der Waals surface area (Å²) >= 11 is 0. The average molecular weight is 355 g/mol. The normalized spacial score (nSPS) is 50.9. The van der Waals surface area contributed by atoms with E-state index in [0.29, 0.717) is 16.4 Å². The van der Waals surface area contributed by atoms with Crippen LogP contribution in [0.1, 0.15) is 78.6 Å². The van der Waals surface area contributed by atoms with Gasteiger partial charge in [0, 0.05) is 24.0 Å². The molecule has 1 heterocycles. The molecule has 0 spiro atoms. The topological polar surface area (TPSA) is 15.3 Å². The van der Waals surface area contributed by atoms with Crippen molar-refractivity contribution < 1.29 is 0 Å². The first-order chi connectivity index (χ1) is 12.6. The Labute approximate surface area is 160 Å². The predicted molar refractivity (Wildman–Crippen MR) is 109 cm³/mol. The molecule has 1 aliphatic heterocycles. The van der Waals surface area contributed by atoms with E-state index >= 15 is 0 Å². The van der Waals surface area contributed by atoms with Crippen LogP contribution in [0.5, 0.6) is 0 Å². The first-order valence-corrected chi connectivity index (χ1v) is 11.4. The SMILES string of the molecule is CC[C@@]1(N2CCCN2)CC[C@H]2[C@@H]3CCC4=CCC=C[C@]4(C)[C@H]3CC[C@@]21C. The van der Waals surface area contributed by atoms with Crippen molar-refractivity contribution in [1.29, 1.82) is 0 Å². The van der Waals surface area contributed by atoms with E-state index in [1.807, 2.05) is 0 Å². The number of hydrogen-bond acceptors (Lipinski definition) is 2. The molecule has 2 nitrogen and oxygen atoms in total. The second-order valence-electron chi connectivity index (χ2n) is 10.4. The van der Waals surface area contributed by atoms with Crippen molar-refractivity contribution in [3.8, 4) is 0 Å². The van der Waals surface area contributed by atoms with Gasteiger partial charge in [0.05, 0.1) is 0 Å².